The Morgan fingerprint density at radius 1 is 1.33 bits per heavy atom. The molecule has 2 unspecified atom stereocenters. The summed E-state index contributed by atoms with van der Waals surface area (Å²) in [6.07, 6.45) is 3.44. The zero-order valence-corrected chi connectivity index (χ0v) is 13.3. The van der Waals surface area contributed by atoms with Crippen LogP contribution in [0.1, 0.15) is 41.9 Å². The number of nitrogens with one attached hydrogen (secondary N) is 1. The van der Waals surface area contributed by atoms with Crippen LogP contribution in [-0.2, 0) is 19.9 Å². The number of hydrogen-bond acceptors (Lipinski definition) is 2. The second-order valence-electron chi connectivity index (χ2n) is 6.20. The summed E-state index contributed by atoms with van der Waals surface area (Å²) in [7, 11) is 2.05. The maximum Gasteiger partial charge on any atom is 0.0596 e. The van der Waals surface area contributed by atoms with Gasteiger partial charge in [-0.15, -0.1) is 0 Å². The lowest BCUT2D eigenvalue weighted by Gasteiger charge is -2.22. The Morgan fingerprint density at radius 3 is 2.86 bits per heavy atom. The van der Waals surface area contributed by atoms with E-state index in [0.29, 0.717) is 12.0 Å². The van der Waals surface area contributed by atoms with E-state index in [2.05, 4.69) is 61.6 Å². The lowest BCUT2D eigenvalue weighted by atomic mass is 9.95. The molecule has 0 aliphatic heterocycles. The first-order chi connectivity index (χ1) is 10.2. The quantitative estimate of drug-likeness (QED) is 0.913. The molecule has 0 amide bonds. The second-order valence-corrected chi connectivity index (χ2v) is 6.20. The highest BCUT2D eigenvalue weighted by Gasteiger charge is 2.32. The van der Waals surface area contributed by atoms with Gasteiger partial charge in [0.15, 0.2) is 0 Å². The Kier molecular flexibility index (Phi) is 4.11. The average Bonchev–Trinajstić information content (AvgIpc) is 2.97. The topological polar surface area (TPSA) is 29.9 Å². The van der Waals surface area contributed by atoms with E-state index in [1.54, 1.807) is 0 Å². The van der Waals surface area contributed by atoms with Crippen LogP contribution >= 0.6 is 0 Å². The standard InChI is InChI=1S/C18H25N3/c1-4-9-19-18-15(11-14-7-5-6-8-17(14)18)12-16-10-13(2)20-21(16)3/h5-8,10,15,18-19H,4,9,11-12H2,1-3H3. The van der Waals surface area contributed by atoms with Crippen LogP contribution in [0, 0.1) is 12.8 Å². The molecular formula is C18H25N3. The summed E-state index contributed by atoms with van der Waals surface area (Å²) in [5.41, 5.74) is 5.46. The van der Waals surface area contributed by atoms with Crippen molar-refractivity contribution in [2.45, 2.75) is 39.2 Å². The molecule has 1 N–H and O–H groups in total. The van der Waals surface area contributed by atoms with Crippen LogP contribution in [0.4, 0.5) is 0 Å². The summed E-state index contributed by atoms with van der Waals surface area (Å²) in [5.74, 6) is 0.628. The minimum absolute atomic E-state index is 0.483. The van der Waals surface area contributed by atoms with Crippen LogP contribution in [0.25, 0.3) is 0 Å². The highest BCUT2D eigenvalue weighted by molar-refractivity contribution is 5.36. The van der Waals surface area contributed by atoms with Crippen molar-refractivity contribution in [2.75, 3.05) is 6.54 Å². The van der Waals surface area contributed by atoms with E-state index in [0.717, 1.165) is 18.7 Å². The molecule has 0 saturated heterocycles. The van der Waals surface area contributed by atoms with Crippen molar-refractivity contribution in [3.63, 3.8) is 0 Å². The van der Waals surface area contributed by atoms with E-state index in [1.165, 1.54) is 29.7 Å². The Balaban J connectivity index is 1.82. The Labute approximate surface area is 127 Å². The molecule has 1 heterocycles. The van der Waals surface area contributed by atoms with Gasteiger partial charge in [0.1, 0.15) is 0 Å². The van der Waals surface area contributed by atoms with Crippen molar-refractivity contribution in [3.8, 4) is 0 Å². The number of aromatic nitrogens is 2. The van der Waals surface area contributed by atoms with Crippen molar-refractivity contribution in [1.82, 2.24) is 15.1 Å². The largest absolute Gasteiger partial charge is 0.310 e. The van der Waals surface area contributed by atoms with Gasteiger partial charge in [0.05, 0.1) is 5.69 Å². The third-order valence-electron chi connectivity index (χ3n) is 4.53. The molecule has 112 valence electrons. The molecule has 1 aliphatic carbocycles. The van der Waals surface area contributed by atoms with Gasteiger partial charge < -0.3 is 5.32 Å². The molecule has 2 aromatic rings. The number of rotatable bonds is 5. The van der Waals surface area contributed by atoms with Crippen LogP contribution in [0.15, 0.2) is 30.3 Å². The van der Waals surface area contributed by atoms with Crippen LogP contribution in [0.3, 0.4) is 0 Å². The normalized spacial score (nSPS) is 20.7. The second kappa shape index (κ2) is 6.02. The smallest absolute Gasteiger partial charge is 0.0596 e. The summed E-state index contributed by atoms with van der Waals surface area (Å²) in [5, 5.41) is 8.24. The predicted molar refractivity (Wildman–Crippen MR) is 86.3 cm³/mol. The Morgan fingerprint density at radius 2 is 2.14 bits per heavy atom. The molecule has 0 fully saturated rings. The molecule has 21 heavy (non-hydrogen) atoms. The lowest BCUT2D eigenvalue weighted by molar-refractivity contribution is 0.380. The summed E-state index contributed by atoms with van der Waals surface area (Å²) >= 11 is 0. The molecule has 0 radical (unpaired) electrons. The van der Waals surface area contributed by atoms with Crippen molar-refractivity contribution in [3.05, 3.63) is 52.8 Å². The van der Waals surface area contributed by atoms with Gasteiger partial charge in [0, 0.05) is 18.8 Å². The maximum atomic E-state index is 4.49. The molecule has 3 heteroatoms. The van der Waals surface area contributed by atoms with Crippen LogP contribution in [0.5, 0.6) is 0 Å². The Bertz CT molecular complexity index is 615. The highest BCUT2D eigenvalue weighted by atomic mass is 15.3. The maximum absolute atomic E-state index is 4.49. The first kappa shape index (κ1) is 14.3. The molecule has 0 spiro atoms. The fourth-order valence-electron chi connectivity index (χ4n) is 3.57. The summed E-state index contributed by atoms with van der Waals surface area (Å²) in [4.78, 5) is 0. The SMILES string of the molecule is CCCNC1c2ccccc2CC1Cc1cc(C)nn1C. The number of aryl methyl sites for hydroxylation is 2. The number of benzene rings is 1. The van der Waals surface area contributed by atoms with Gasteiger partial charge in [-0.25, -0.2) is 0 Å². The fourth-order valence-corrected chi connectivity index (χ4v) is 3.57. The molecule has 0 saturated carbocycles. The minimum atomic E-state index is 0.483. The van der Waals surface area contributed by atoms with Crippen LogP contribution < -0.4 is 5.32 Å². The third kappa shape index (κ3) is 2.88. The molecule has 0 bridgehead atoms. The van der Waals surface area contributed by atoms with Crippen molar-refractivity contribution in [1.29, 1.82) is 0 Å². The van der Waals surface area contributed by atoms with Gasteiger partial charge in [0.25, 0.3) is 0 Å². The molecule has 2 atom stereocenters. The van der Waals surface area contributed by atoms with Gasteiger partial charge >= 0.3 is 0 Å². The van der Waals surface area contributed by atoms with E-state index >= 15 is 0 Å². The third-order valence-corrected chi connectivity index (χ3v) is 4.53. The fraction of sp³-hybridized carbons (Fsp3) is 0.500. The number of hydrogen-bond donors (Lipinski definition) is 1. The first-order valence-electron chi connectivity index (χ1n) is 7.99. The summed E-state index contributed by atoms with van der Waals surface area (Å²) < 4.78 is 2.04. The van der Waals surface area contributed by atoms with Gasteiger partial charge in [0.2, 0.25) is 0 Å². The van der Waals surface area contributed by atoms with E-state index in [4.69, 9.17) is 0 Å². The molecule has 1 aromatic carbocycles. The predicted octanol–water partition coefficient (Wildman–Crippen LogP) is 3.18. The monoisotopic (exact) mass is 283 g/mol. The van der Waals surface area contributed by atoms with Gasteiger partial charge in [-0.3, -0.25) is 4.68 Å². The van der Waals surface area contributed by atoms with Crippen molar-refractivity contribution in [2.24, 2.45) is 13.0 Å². The van der Waals surface area contributed by atoms with E-state index in [1.807, 2.05) is 4.68 Å². The summed E-state index contributed by atoms with van der Waals surface area (Å²) in [6.45, 7) is 5.38. The minimum Gasteiger partial charge on any atom is -0.310 e. The Hall–Kier alpha value is -1.61. The van der Waals surface area contributed by atoms with E-state index in [-0.39, 0.29) is 0 Å². The molecule has 3 nitrogen and oxygen atoms in total. The van der Waals surface area contributed by atoms with Crippen molar-refractivity contribution < 1.29 is 0 Å². The van der Waals surface area contributed by atoms with Crippen LogP contribution in [-0.4, -0.2) is 16.3 Å². The molecule has 1 aromatic heterocycles. The molecule has 3 rings (SSSR count). The van der Waals surface area contributed by atoms with E-state index in [9.17, 15) is 0 Å². The van der Waals surface area contributed by atoms with Gasteiger partial charge in [-0.1, -0.05) is 31.2 Å². The van der Waals surface area contributed by atoms with Crippen molar-refractivity contribution >= 4 is 0 Å². The first-order valence-corrected chi connectivity index (χ1v) is 7.99. The molecule has 1 aliphatic rings. The summed E-state index contributed by atoms with van der Waals surface area (Å²) in [6, 6.07) is 11.6. The van der Waals surface area contributed by atoms with Gasteiger partial charge in [-0.2, -0.15) is 5.10 Å². The highest BCUT2D eigenvalue weighted by Crippen LogP contribution is 2.37. The van der Waals surface area contributed by atoms with E-state index < -0.39 is 0 Å². The zero-order valence-electron chi connectivity index (χ0n) is 13.3. The molecular weight excluding hydrogens is 258 g/mol. The van der Waals surface area contributed by atoms with Gasteiger partial charge in [-0.05, 0) is 55.8 Å². The number of nitrogens with zero attached hydrogens (tertiary/aromatic N) is 2. The van der Waals surface area contributed by atoms with Crippen LogP contribution in [0.2, 0.25) is 0 Å². The number of fused-ring (bicyclic) bond motifs is 1. The zero-order chi connectivity index (χ0) is 14.8. The average molecular weight is 283 g/mol. The lowest BCUT2D eigenvalue weighted by Crippen LogP contribution is -2.27.